The Morgan fingerprint density at radius 1 is 1.12 bits per heavy atom. The van der Waals surface area contributed by atoms with E-state index in [4.69, 9.17) is 0 Å². The van der Waals surface area contributed by atoms with E-state index in [0.717, 1.165) is 18.2 Å². The van der Waals surface area contributed by atoms with Crippen molar-refractivity contribution in [1.29, 1.82) is 0 Å². The van der Waals surface area contributed by atoms with Gasteiger partial charge >= 0.3 is 0 Å². The van der Waals surface area contributed by atoms with Crippen LogP contribution in [0.25, 0.3) is 0 Å². The van der Waals surface area contributed by atoms with Gasteiger partial charge in [-0.1, -0.05) is 6.07 Å². The molecular formula is C11H7F2NO2. The molecule has 0 spiro atoms. The predicted molar refractivity (Wildman–Crippen MR) is 52.6 cm³/mol. The van der Waals surface area contributed by atoms with E-state index in [2.05, 4.69) is 0 Å². The molecular weight excluding hydrogens is 216 g/mol. The van der Waals surface area contributed by atoms with Crippen molar-refractivity contribution in [2.75, 3.05) is 4.90 Å². The number of rotatable bonds is 1. The largest absolute Gasteiger partial charge is 0.269 e. The molecule has 16 heavy (non-hydrogen) atoms. The van der Waals surface area contributed by atoms with Crippen molar-refractivity contribution in [3.8, 4) is 0 Å². The van der Waals surface area contributed by atoms with E-state index in [0.29, 0.717) is 4.90 Å². The van der Waals surface area contributed by atoms with Crippen molar-refractivity contribution in [2.45, 2.75) is 6.92 Å². The van der Waals surface area contributed by atoms with E-state index >= 15 is 0 Å². The molecule has 3 nitrogen and oxygen atoms in total. The molecule has 0 fully saturated rings. The lowest BCUT2D eigenvalue weighted by Crippen LogP contribution is -2.32. The van der Waals surface area contributed by atoms with Crippen molar-refractivity contribution in [2.24, 2.45) is 0 Å². The minimum absolute atomic E-state index is 0.160. The number of nitrogens with zero attached hydrogens (tertiary/aromatic N) is 1. The second-order valence-electron chi connectivity index (χ2n) is 3.38. The number of anilines is 1. The van der Waals surface area contributed by atoms with E-state index in [1.807, 2.05) is 0 Å². The van der Waals surface area contributed by atoms with Crippen molar-refractivity contribution < 1.29 is 18.4 Å². The van der Waals surface area contributed by atoms with Crippen molar-refractivity contribution in [3.63, 3.8) is 0 Å². The normalized spacial score (nSPS) is 15.7. The number of benzene rings is 1. The van der Waals surface area contributed by atoms with Crippen LogP contribution in [-0.4, -0.2) is 11.8 Å². The number of para-hydroxylation sites is 1. The molecule has 0 N–H and O–H groups in total. The molecule has 1 heterocycles. The summed E-state index contributed by atoms with van der Waals surface area (Å²) in [6.45, 7) is 1.42. The van der Waals surface area contributed by atoms with Crippen LogP contribution in [0.5, 0.6) is 0 Å². The highest BCUT2D eigenvalue weighted by atomic mass is 19.1. The number of hydrogen-bond acceptors (Lipinski definition) is 2. The predicted octanol–water partition coefficient (Wildman–Crippen LogP) is 1.78. The van der Waals surface area contributed by atoms with Gasteiger partial charge in [-0.05, 0) is 19.1 Å². The molecule has 0 bridgehead atoms. The summed E-state index contributed by atoms with van der Waals surface area (Å²) in [5.41, 5.74) is -0.460. The van der Waals surface area contributed by atoms with Gasteiger partial charge in [0.05, 0.1) is 0 Å². The van der Waals surface area contributed by atoms with Crippen LogP contribution in [0, 0.1) is 11.6 Å². The Hall–Kier alpha value is -2.04. The fourth-order valence-corrected chi connectivity index (χ4v) is 1.50. The number of hydrogen-bond donors (Lipinski definition) is 0. The summed E-state index contributed by atoms with van der Waals surface area (Å²) >= 11 is 0. The molecule has 1 aliphatic rings. The summed E-state index contributed by atoms with van der Waals surface area (Å²) in [5, 5.41) is 0. The molecule has 0 aromatic heterocycles. The van der Waals surface area contributed by atoms with Crippen molar-refractivity contribution in [3.05, 3.63) is 41.5 Å². The van der Waals surface area contributed by atoms with Crippen LogP contribution in [0.4, 0.5) is 14.5 Å². The van der Waals surface area contributed by atoms with Gasteiger partial charge in [-0.3, -0.25) is 9.59 Å². The van der Waals surface area contributed by atoms with E-state index < -0.39 is 29.1 Å². The minimum atomic E-state index is -0.940. The maximum atomic E-state index is 13.4. The Labute approximate surface area is 90.0 Å². The molecule has 0 saturated heterocycles. The van der Waals surface area contributed by atoms with E-state index in [-0.39, 0.29) is 5.57 Å². The first-order chi connectivity index (χ1) is 7.52. The third kappa shape index (κ3) is 1.41. The lowest BCUT2D eigenvalue weighted by atomic mass is 10.2. The van der Waals surface area contributed by atoms with Gasteiger partial charge < -0.3 is 0 Å². The fourth-order valence-electron chi connectivity index (χ4n) is 1.50. The van der Waals surface area contributed by atoms with Crippen LogP contribution >= 0.6 is 0 Å². The van der Waals surface area contributed by atoms with Crippen LogP contribution in [0.15, 0.2) is 29.8 Å². The third-order valence-electron chi connectivity index (χ3n) is 2.26. The molecule has 0 aliphatic carbocycles. The van der Waals surface area contributed by atoms with Crippen LogP contribution in [-0.2, 0) is 9.59 Å². The number of amides is 2. The zero-order chi connectivity index (χ0) is 11.9. The Morgan fingerprint density at radius 2 is 1.69 bits per heavy atom. The summed E-state index contributed by atoms with van der Waals surface area (Å²) < 4.78 is 26.7. The van der Waals surface area contributed by atoms with Gasteiger partial charge in [0.2, 0.25) is 0 Å². The Kier molecular flexibility index (Phi) is 2.30. The average molecular weight is 223 g/mol. The summed E-state index contributed by atoms with van der Waals surface area (Å²) in [7, 11) is 0. The molecule has 82 valence electrons. The Morgan fingerprint density at radius 3 is 2.12 bits per heavy atom. The maximum Gasteiger partial charge on any atom is 0.261 e. The minimum Gasteiger partial charge on any atom is -0.269 e. The first-order valence-corrected chi connectivity index (χ1v) is 4.53. The van der Waals surface area contributed by atoms with Crippen LogP contribution < -0.4 is 4.90 Å². The first-order valence-electron chi connectivity index (χ1n) is 4.53. The number of carbonyl (C=O) groups excluding carboxylic acids is 2. The van der Waals surface area contributed by atoms with Gasteiger partial charge in [0.1, 0.15) is 17.3 Å². The molecule has 1 aliphatic heterocycles. The molecule has 0 radical (unpaired) electrons. The highest BCUT2D eigenvalue weighted by Crippen LogP contribution is 2.27. The average Bonchev–Trinajstić information content (AvgIpc) is 2.44. The van der Waals surface area contributed by atoms with Gasteiger partial charge in [0.15, 0.2) is 0 Å². The molecule has 0 unspecified atom stereocenters. The summed E-state index contributed by atoms with van der Waals surface area (Å²) in [4.78, 5) is 23.4. The Bertz CT molecular complexity index is 502. The number of imide groups is 1. The zero-order valence-corrected chi connectivity index (χ0v) is 8.33. The van der Waals surface area contributed by atoms with Gasteiger partial charge in [-0.15, -0.1) is 0 Å². The Balaban J connectivity index is 2.55. The molecule has 0 atom stereocenters. The molecule has 0 saturated carbocycles. The number of carbonyl (C=O) groups is 2. The van der Waals surface area contributed by atoms with E-state index in [1.165, 1.54) is 13.0 Å². The van der Waals surface area contributed by atoms with Crippen LogP contribution in [0.2, 0.25) is 0 Å². The summed E-state index contributed by atoms with van der Waals surface area (Å²) in [6, 6.07) is 3.15. The van der Waals surface area contributed by atoms with E-state index in [1.54, 1.807) is 0 Å². The molecule has 1 aromatic rings. The van der Waals surface area contributed by atoms with Gasteiger partial charge in [-0.2, -0.15) is 0 Å². The summed E-state index contributed by atoms with van der Waals surface area (Å²) in [5.74, 6) is -3.31. The highest BCUT2D eigenvalue weighted by molar-refractivity contribution is 6.30. The third-order valence-corrected chi connectivity index (χ3v) is 2.26. The fraction of sp³-hybridized carbons (Fsp3) is 0.0909. The molecule has 5 heteroatoms. The SMILES string of the molecule is CC1=CC(=O)N(c2c(F)cccc2F)C1=O. The smallest absolute Gasteiger partial charge is 0.261 e. The first kappa shape index (κ1) is 10.5. The van der Waals surface area contributed by atoms with Crippen LogP contribution in [0.1, 0.15) is 6.92 Å². The lowest BCUT2D eigenvalue weighted by Gasteiger charge is -2.15. The lowest BCUT2D eigenvalue weighted by molar-refractivity contribution is -0.120. The van der Waals surface area contributed by atoms with Crippen LogP contribution in [0.3, 0.4) is 0 Å². The highest BCUT2D eigenvalue weighted by Gasteiger charge is 2.33. The monoisotopic (exact) mass is 223 g/mol. The van der Waals surface area contributed by atoms with Gasteiger partial charge in [0, 0.05) is 11.6 Å². The van der Waals surface area contributed by atoms with Gasteiger partial charge in [0.25, 0.3) is 11.8 Å². The standard InChI is InChI=1S/C11H7F2NO2/c1-6-5-9(15)14(11(6)16)10-7(12)3-2-4-8(10)13/h2-5H,1H3. The topological polar surface area (TPSA) is 37.4 Å². The van der Waals surface area contributed by atoms with Crippen molar-refractivity contribution in [1.82, 2.24) is 0 Å². The van der Waals surface area contributed by atoms with E-state index in [9.17, 15) is 18.4 Å². The second kappa shape index (κ2) is 3.52. The number of halogens is 2. The molecule has 2 amide bonds. The van der Waals surface area contributed by atoms with Gasteiger partial charge in [-0.25, -0.2) is 13.7 Å². The summed E-state index contributed by atoms with van der Waals surface area (Å²) in [6.07, 6.45) is 1.05. The quantitative estimate of drug-likeness (QED) is 0.680. The molecule has 2 rings (SSSR count). The molecule has 1 aromatic carbocycles. The van der Waals surface area contributed by atoms with Crippen molar-refractivity contribution >= 4 is 17.5 Å². The zero-order valence-electron chi connectivity index (χ0n) is 8.33. The second-order valence-corrected chi connectivity index (χ2v) is 3.38. The maximum absolute atomic E-state index is 13.4.